The van der Waals surface area contributed by atoms with Crippen LogP contribution in [-0.2, 0) is 4.74 Å². The van der Waals surface area contributed by atoms with Crippen molar-refractivity contribution in [1.29, 1.82) is 0 Å². The highest BCUT2D eigenvalue weighted by molar-refractivity contribution is 4.85. The van der Waals surface area contributed by atoms with Crippen LogP contribution in [0.25, 0.3) is 0 Å². The molecule has 1 rings (SSSR count). The summed E-state index contributed by atoms with van der Waals surface area (Å²) in [7, 11) is 0. The number of hydrogen-bond acceptors (Lipinski definition) is 4. The molecule has 1 aliphatic heterocycles. The van der Waals surface area contributed by atoms with Crippen molar-refractivity contribution in [2.24, 2.45) is 5.73 Å². The van der Waals surface area contributed by atoms with Gasteiger partial charge in [0.15, 0.2) is 0 Å². The van der Waals surface area contributed by atoms with Gasteiger partial charge < -0.3 is 15.6 Å². The maximum absolute atomic E-state index is 8.68. The van der Waals surface area contributed by atoms with Gasteiger partial charge in [-0.3, -0.25) is 4.90 Å². The maximum Gasteiger partial charge on any atom is 0.0854 e. The molecule has 0 aliphatic carbocycles. The predicted molar refractivity (Wildman–Crippen MR) is 56.1 cm³/mol. The number of aliphatic hydroxyl groups is 1. The van der Waals surface area contributed by atoms with E-state index in [9.17, 15) is 0 Å². The van der Waals surface area contributed by atoms with Crippen molar-refractivity contribution < 1.29 is 9.84 Å². The second kappa shape index (κ2) is 5.66. The van der Waals surface area contributed by atoms with Crippen LogP contribution in [0.2, 0.25) is 0 Å². The monoisotopic (exact) mass is 202 g/mol. The van der Waals surface area contributed by atoms with Crippen LogP contribution in [0, 0.1) is 0 Å². The molecule has 0 amide bonds. The molecule has 0 aromatic carbocycles. The van der Waals surface area contributed by atoms with Crippen molar-refractivity contribution in [2.75, 3.05) is 26.3 Å². The Bertz CT molecular complexity index is 164. The van der Waals surface area contributed by atoms with Crippen molar-refractivity contribution in [1.82, 2.24) is 4.90 Å². The molecule has 84 valence electrons. The third kappa shape index (κ3) is 3.20. The highest BCUT2D eigenvalue weighted by atomic mass is 16.5. The number of rotatable bonds is 4. The van der Waals surface area contributed by atoms with Crippen LogP contribution in [0.15, 0.2) is 0 Å². The predicted octanol–water partition coefficient (Wildman–Crippen LogP) is -0.195. The lowest BCUT2D eigenvalue weighted by molar-refractivity contribution is -0.0321. The summed E-state index contributed by atoms with van der Waals surface area (Å²) in [6, 6.07) is 0.666. The first-order chi connectivity index (χ1) is 6.65. The Morgan fingerprint density at radius 1 is 1.57 bits per heavy atom. The first kappa shape index (κ1) is 11.9. The second-order valence-corrected chi connectivity index (χ2v) is 4.17. The molecule has 4 heteroatoms. The van der Waals surface area contributed by atoms with Crippen LogP contribution in [0.4, 0.5) is 0 Å². The smallest absolute Gasteiger partial charge is 0.0854 e. The normalized spacial score (nSPS) is 29.8. The van der Waals surface area contributed by atoms with Crippen LogP contribution in [0.5, 0.6) is 0 Å². The van der Waals surface area contributed by atoms with E-state index in [4.69, 9.17) is 15.6 Å². The third-order valence-electron chi connectivity index (χ3n) is 2.80. The minimum atomic E-state index is 0.0743. The van der Waals surface area contributed by atoms with Gasteiger partial charge in [-0.25, -0.2) is 0 Å². The van der Waals surface area contributed by atoms with Gasteiger partial charge in [-0.2, -0.15) is 0 Å². The summed E-state index contributed by atoms with van der Waals surface area (Å²) in [5, 5.41) is 8.68. The Morgan fingerprint density at radius 2 is 2.29 bits per heavy atom. The van der Waals surface area contributed by atoms with Gasteiger partial charge in [-0.05, 0) is 20.3 Å². The molecule has 0 aromatic heterocycles. The lowest BCUT2D eigenvalue weighted by Crippen LogP contribution is -2.53. The van der Waals surface area contributed by atoms with Crippen LogP contribution < -0.4 is 5.73 Å². The Hall–Kier alpha value is -0.160. The van der Waals surface area contributed by atoms with Gasteiger partial charge in [0.25, 0.3) is 0 Å². The van der Waals surface area contributed by atoms with Crippen molar-refractivity contribution in [3.8, 4) is 0 Å². The summed E-state index contributed by atoms with van der Waals surface area (Å²) in [5.74, 6) is 0. The Labute approximate surface area is 86.0 Å². The number of piperidine rings is 1. The van der Waals surface area contributed by atoms with Gasteiger partial charge in [0.05, 0.1) is 19.3 Å². The molecule has 14 heavy (non-hydrogen) atoms. The molecule has 1 fully saturated rings. The second-order valence-electron chi connectivity index (χ2n) is 4.17. The maximum atomic E-state index is 8.68. The Morgan fingerprint density at radius 3 is 2.86 bits per heavy atom. The van der Waals surface area contributed by atoms with E-state index in [-0.39, 0.29) is 18.8 Å². The van der Waals surface area contributed by atoms with Gasteiger partial charge in [-0.1, -0.05) is 0 Å². The SMILES string of the molecule is CC(C)N1CC[C@@H](N)[C@@H](OCCO)C1. The van der Waals surface area contributed by atoms with E-state index in [1.54, 1.807) is 0 Å². The first-order valence-electron chi connectivity index (χ1n) is 5.37. The molecule has 0 aromatic rings. The Kier molecular flexibility index (Phi) is 4.81. The molecule has 1 heterocycles. The van der Waals surface area contributed by atoms with E-state index in [1.807, 2.05) is 0 Å². The van der Waals surface area contributed by atoms with Gasteiger partial charge in [0.1, 0.15) is 0 Å². The molecular weight excluding hydrogens is 180 g/mol. The third-order valence-corrected chi connectivity index (χ3v) is 2.80. The summed E-state index contributed by atoms with van der Waals surface area (Å²) in [6.45, 7) is 6.77. The molecule has 1 aliphatic rings. The molecule has 3 N–H and O–H groups in total. The average Bonchev–Trinajstić information content (AvgIpc) is 2.16. The standard InChI is InChI=1S/C10H22N2O2/c1-8(2)12-4-3-9(11)10(7-12)14-6-5-13/h8-10,13H,3-7,11H2,1-2H3/t9-,10+/m1/s1. The molecule has 0 radical (unpaired) electrons. The zero-order chi connectivity index (χ0) is 10.6. The largest absolute Gasteiger partial charge is 0.394 e. The summed E-state index contributed by atoms with van der Waals surface area (Å²) < 4.78 is 5.51. The number of ether oxygens (including phenoxy) is 1. The van der Waals surface area contributed by atoms with E-state index >= 15 is 0 Å². The van der Waals surface area contributed by atoms with Crippen molar-refractivity contribution in [3.05, 3.63) is 0 Å². The number of nitrogens with two attached hydrogens (primary N) is 1. The molecule has 1 saturated heterocycles. The molecule has 4 nitrogen and oxygen atoms in total. The van der Waals surface area contributed by atoms with Crippen molar-refractivity contribution in [2.45, 2.75) is 38.5 Å². The van der Waals surface area contributed by atoms with Crippen LogP contribution in [0.1, 0.15) is 20.3 Å². The number of hydrogen-bond donors (Lipinski definition) is 2. The summed E-state index contributed by atoms with van der Waals surface area (Å²) in [4.78, 5) is 2.37. The van der Waals surface area contributed by atoms with Crippen LogP contribution in [0.3, 0.4) is 0 Å². The number of nitrogens with zero attached hydrogens (tertiary/aromatic N) is 1. The highest BCUT2D eigenvalue weighted by Gasteiger charge is 2.28. The minimum absolute atomic E-state index is 0.0743. The fourth-order valence-corrected chi connectivity index (χ4v) is 1.81. The van der Waals surface area contributed by atoms with Crippen LogP contribution >= 0.6 is 0 Å². The Balaban J connectivity index is 2.38. The lowest BCUT2D eigenvalue weighted by atomic mass is 10.0. The zero-order valence-corrected chi connectivity index (χ0v) is 9.15. The van der Waals surface area contributed by atoms with Gasteiger partial charge in [0, 0.05) is 25.2 Å². The summed E-state index contributed by atoms with van der Waals surface area (Å²) >= 11 is 0. The van der Waals surface area contributed by atoms with Crippen LogP contribution in [-0.4, -0.2) is 54.5 Å². The van der Waals surface area contributed by atoms with E-state index < -0.39 is 0 Å². The van der Waals surface area contributed by atoms with Gasteiger partial charge in [0.2, 0.25) is 0 Å². The molecule has 2 atom stereocenters. The van der Waals surface area contributed by atoms with Crippen molar-refractivity contribution >= 4 is 0 Å². The van der Waals surface area contributed by atoms with E-state index in [0.717, 1.165) is 19.5 Å². The van der Waals surface area contributed by atoms with E-state index in [0.29, 0.717) is 12.6 Å². The first-order valence-corrected chi connectivity index (χ1v) is 5.37. The molecule has 0 bridgehead atoms. The highest BCUT2D eigenvalue weighted by Crippen LogP contribution is 2.14. The lowest BCUT2D eigenvalue weighted by Gasteiger charge is -2.38. The number of aliphatic hydroxyl groups excluding tert-OH is 1. The van der Waals surface area contributed by atoms with Gasteiger partial charge >= 0.3 is 0 Å². The topological polar surface area (TPSA) is 58.7 Å². The quantitative estimate of drug-likeness (QED) is 0.663. The van der Waals surface area contributed by atoms with Crippen molar-refractivity contribution in [3.63, 3.8) is 0 Å². The van der Waals surface area contributed by atoms with E-state index in [1.165, 1.54) is 0 Å². The summed E-state index contributed by atoms with van der Waals surface area (Å²) in [6.07, 6.45) is 1.06. The molecular formula is C10H22N2O2. The average molecular weight is 202 g/mol. The van der Waals surface area contributed by atoms with Gasteiger partial charge in [-0.15, -0.1) is 0 Å². The fraction of sp³-hybridized carbons (Fsp3) is 1.00. The fourth-order valence-electron chi connectivity index (χ4n) is 1.81. The number of likely N-dealkylation sites (tertiary alicyclic amines) is 1. The summed E-state index contributed by atoms with van der Waals surface area (Å²) in [5.41, 5.74) is 5.95. The molecule has 0 unspecified atom stereocenters. The minimum Gasteiger partial charge on any atom is -0.394 e. The molecule has 0 spiro atoms. The van der Waals surface area contributed by atoms with E-state index in [2.05, 4.69) is 18.7 Å². The zero-order valence-electron chi connectivity index (χ0n) is 9.15. The molecule has 0 saturated carbocycles.